The van der Waals surface area contributed by atoms with Gasteiger partial charge in [0.15, 0.2) is 5.17 Å². The number of benzene rings is 1. The first-order chi connectivity index (χ1) is 12.9. The fourth-order valence-corrected chi connectivity index (χ4v) is 3.53. The van der Waals surface area contributed by atoms with Gasteiger partial charge in [0, 0.05) is 25.9 Å². The second-order valence-electron chi connectivity index (χ2n) is 5.81. The van der Waals surface area contributed by atoms with Gasteiger partial charge < -0.3 is 15.5 Å². The summed E-state index contributed by atoms with van der Waals surface area (Å²) in [5, 5.41) is 20.4. The molecule has 0 aromatic heterocycles. The second kappa shape index (κ2) is 9.77. The Morgan fingerprint density at radius 3 is 2.67 bits per heavy atom. The number of carbonyl (C=O) groups excluding carboxylic acids is 2. The molecule has 1 atom stereocenters. The number of thioether (sulfide) groups is 1. The molecule has 1 fully saturated rings. The molecule has 0 saturated carbocycles. The van der Waals surface area contributed by atoms with Crippen molar-refractivity contribution in [1.29, 1.82) is 0 Å². The van der Waals surface area contributed by atoms with E-state index in [4.69, 9.17) is 5.11 Å². The fourth-order valence-electron chi connectivity index (χ4n) is 2.37. The number of hydrogen-bond donors (Lipinski definition) is 3. The molecule has 27 heavy (non-hydrogen) atoms. The zero-order valence-electron chi connectivity index (χ0n) is 14.6. The number of nitrogens with zero attached hydrogens (tertiary/aromatic N) is 2. The van der Waals surface area contributed by atoms with Crippen LogP contribution in [-0.4, -0.2) is 56.4 Å². The zero-order valence-corrected chi connectivity index (χ0v) is 15.4. The normalized spacial score (nSPS) is 17.9. The highest BCUT2D eigenvalue weighted by molar-refractivity contribution is 8.15. The highest BCUT2D eigenvalue weighted by Gasteiger charge is 2.38. The number of amidine groups is 1. The van der Waals surface area contributed by atoms with E-state index < -0.39 is 11.2 Å². The molecule has 1 aromatic carbocycles. The van der Waals surface area contributed by atoms with E-state index in [2.05, 4.69) is 16.9 Å². The molecule has 144 valence electrons. The van der Waals surface area contributed by atoms with Crippen molar-refractivity contribution >= 4 is 40.4 Å². The van der Waals surface area contributed by atoms with Crippen molar-refractivity contribution in [1.82, 2.24) is 10.2 Å². The minimum atomic E-state index is -0.916. The van der Waals surface area contributed by atoms with Gasteiger partial charge in [-0.15, -0.1) is 6.58 Å². The van der Waals surface area contributed by atoms with Crippen LogP contribution in [0.5, 0.6) is 5.75 Å². The van der Waals surface area contributed by atoms with E-state index in [1.165, 1.54) is 28.8 Å². The Morgan fingerprint density at radius 1 is 1.33 bits per heavy atom. The topological polar surface area (TPSA) is 119 Å². The van der Waals surface area contributed by atoms with Crippen molar-refractivity contribution in [2.45, 2.75) is 24.5 Å². The molecule has 1 aromatic rings. The third-order valence-electron chi connectivity index (χ3n) is 3.67. The van der Waals surface area contributed by atoms with Gasteiger partial charge in [-0.1, -0.05) is 17.8 Å². The molecule has 2 rings (SSSR count). The molecule has 0 bridgehead atoms. The monoisotopic (exact) mass is 391 g/mol. The summed E-state index contributed by atoms with van der Waals surface area (Å²) in [6, 6.07) is 6.26. The van der Waals surface area contributed by atoms with Crippen LogP contribution in [0, 0.1) is 0 Å². The lowest BCUT2D eigenvalue weighted by molar-refractivity contribution is -0.137. The molecule has 2 amide bonds. The summed E-state index contributed by atoms with van der Waals surface area (Å²) in [7, 11) is 0. The number of nitrogens with one attached hydrogen (secondary N) is 1. The molecule has 1 saturated heterocycles. The summed E-state index contributed by atoms with van der Waals surface area (Å²) >= 11 is 1.20. The number of carbonyl (C=O) groups is 3. The van der Waals surface area contributed by atoms with Crippen LogP contribution in [0.3, 0.4) is 0 Å². The summed E-state index contributed by atoms with van der Waals surface area (Å²) < 4.78 is 0. The molecule has 0 spiro atoms. The molecular weight excluding hydrogens is 370 g/mol. The number of rotatable bonds is 9. The molecule has 0 radical (unpaired) electrons. The highest BCUT2D eigenvalue weighted by atomic mass is 32.2. The van der Waals surface area contributed by atoms with Crippen molar-refractivity contribution < 1.29 is 24.6 Å². The number of phenols is 1. The Balaban J connectivity index is 2.01. The SMILES string of the molecule is C=CCN1C(=O)C(CC(=O)NCCCC(=O)O)SC1=Nc1ccc(O)cc1. The van der Waals surface area contributed by atoms with E-state index >= 15 is 0 Å². The molecule has 1 aliphatic heterocycles. The smallest absolute Gasteiger partial charge is 0.303 e. The van der Waals surface area contributed by atoms with Crippen LogP contribution < -0.4 is 5.32 Å². The Bertz CT molecular complexity index is 748. The van der Waals surface area contributed by atoms with Crippen molar-refractivity contribution in [3.63, 3.8) is 0 Å². The zero-order chi connectivity index (χ0) is 19.8. The van der Waals surface area contributed by atoms with Crippen LogP contribution in [0.25, 0.3) is 0 Å². The number of amides is 2. The molecule has 0 aliphatic carbocycles. The van der Waals surface area contributed by atoms with Gasteiger partial charge >= 0.3 is 5.97 Å². The quantitative estimate of drug-likeness (QED) is 0.437. The summed E-state index contributed by atoms with van der Waals surface area (Å²) in [6.07, 6.45) is 1.88. The molecule has 1 heterocycles. The van der Waals surface area contributed by atoms with Crippen LogP contribution in [0.4, 0.5) is 5.69 Å². The van der Waals surface area contributed by atoms with Gasteiger partial charge in [0.1, 0.15) is 11.0 Å². The van der Waals surface area contributed by atoms with E-state index in [9.17, 15) is 19.5 Å². The van der Waals surface area contributed by atoms with Gasteiger partial charge in [-0.25, -0.2) is 4.99 Å². The number of aromatic hydroxyl groups is 1. The third-order valence-corrected chi connectivity index (χ3v) is 4.84. The average molecular weight is 391 g/mol. The standard InChI is InChI=1S/C18H21N3O5S/c1-2-10-21-17(26)14(11-15(23)19-9-3-4-16(24)25)27-18(21)20-12-5-7-13(22)8-6-12/h2,5-8,14,22H,1,3-4,9-11H2,(H,19,23)(H,24,25). The van der Waals surface area contributed by atoms with Crippen LogP contribution in [-0.2, 0) is 14.4 Å². The van der Waals surface area contributed by atoms with Crippen LogP contribution in [0.2, 0.25) is 0 Å². The number of aliphatic imine (C=N–C) groups is 1. The number of carboxylic acids is 1. The minimum absolute atomic E-state index is 0.0151. The van der Waals surface area contributed by atoms with Gasteiger partial charge in [-0.05, 0) is 30.7 Å². The summed E-state index contributed by atoms with van der Waals surface area (Å²) in [6.45, 7) is 4.17. The van der Waals surface area contributed by atoms with Gasteiger partial charge in [0.2, 0.25) is 11.8 Å². The van der Waals surface area contributed by atoms with Crippen molar-refractivity contribution in [3.05, 3.63) is 36.9 Å². The second-order valence-corrected chi connectivity index (χ2v) is 6.98. The first-order valence-electron chi connectivity index (χ1n) is 8.36. The summed E-state index contributed by atoms with van der Waals surface area (Å²) in [4.78, 5) is 41.0. The maximum atomic E-state index is 12.6. The van der Waals surface area contributed by atoms with Crippen molar-refractivity contribution in [3.8, 4) is 5.75 Å². The first kappa shape index (κ1) is 20.5. The molecule has 1 aliphatic rings. The predicted molar refractivity (Wildman–Crippen MR) is 103 cm³/mol. The first-order valence-corrected chi connectivity index (χ1v) is 9.24. The van der Waals surface area contributed by atoms with E-state index in [0.717, 1.165) is 0 Å². The largest absolute Gasteiger partial charge is 0.508 e. The summed E-state index contributed by atoms with van der Waals surface area (Å²) in [5.74, 6) is -1.33. The maximum Gasteiger partial charge on any atom is 0.303 e. The van der Waals surface area contributed by atoms with Crippen molar-refractivity contribution in [2.75, 3.05) is 13.1 Å². The Labute approximate surface area is 161 Å². The van der Waals surface area contributed by atoms with Gasteiger partial charge in [0.05, 0.1) is 5.69 Å². The van der Waals surface area contributed by atoms with Crippen LogP contribution in [0.15, 0.2) is 41.9 Å². The Hall–Kier alpha value is -2.81. The minimum Gasteiger partial charge on any atom is -0.508 e. The lowest BCUT2D eigenvalue weighted by Crippen LogP contribution is -2.35. The van der Waals surface area contributed by atoms with Gasteiger partial charge in [-0.2, -0.15) is 0 Å². The van der Waals surface area contributed by atoms with Crippen molar-refractivity contribution in [2.24, 2.45) is 4.99 Å². The predicted octanol–water partition coefficient (Wildman–Crippen LogP) is 1.88. The van der Waals surface area contributed by atoms with E-state index in [1.807, 2.05) is 0 Å². The Kier molecular flexibility index (Phi) is 7.42. The van der Waals surface area contributed by atoms with Gasteiger partial charge in [0.25, 0.3) is 0 Å². The number of phenolic OH excluding ortho intramolecular Hbond substituents is 1. The van der Waals surface area contributed by atoms with Crippen LogP contribution >= 0.6 is 11.8 Å². The molecule has 9 heteroatoms. The molecule has 1 unspecified atom stereocenters. The molecular formula is C18H21N3O5S. The molecule has 8 nitrogen and oxygen atoms in total. The van der Waals surface area contributed by atoms with E-state index in [-0.39, 0.29) is 43.5 Å². The van der Waals surface area contributed by atoms with Gasteiger partial charge in [-0.3, -0.25) is 19.3 Å². The highest BCUT2D eigenvalue weighted by Crippen LogP contribution is 2.31. The maximum absolute atomic E-state index is 12.6. The lowest BCUT2D eigenvalue weighted by Gasteiger charge is -2.13. The van der Waals surface area contributed by atoms with E-state index in [1.54, 1.807) is 18.2 Å². The number of hydrogen-bond acceptors (Lipinski definition) is 6. The van der Waals surface area contributed by atoms with E-state index in [0.29, 0.717) is 17.3 Å². The fraction of sp³-hybridized carbons (Fsp3) is 0.333. The lowest BCUT2D eigenvalue weighted by atomic mass is 10.2. The summed E-state index contributed by atoms with van der Waals surface area (Å²) in [5.41, 5.74) is 0.580. The number of aliphatic carboxylic acids is 1. The third kappa shape index (κ3) is 6.14. The number of carboxylic acid groups (broad SMARTS) is 1. The van der Waals surface area contributed by atoms with Crippen LogP contribution in [0.1, 0.15) is 19.3 Å². The average Bonchev–Trinajstić information content (AvgIpc) is 2.90. The Morgan fingerprint density at radius 2 is 2.04 bits per heavy atom. The molecule has 3 N–H and O–H groups in total.